The summed E-state index contributed by atoms with van der Waals surface area (Å²) in [6.07, 6.45) is 4.72. The highest BCUT2D eigenvalue weighted by Crippen LogP contribution is 2.17. The number of aliphatic imine (C=N–C) groups is 1. The van der Waals surface area contributed by atoms with E-state index in [4.69, 9.17) is 0 Å². The summed E-state index contributed by atoms with van der Waals surface area (Å²) in [7, 11) is 6.06. The van der Waals surface area contributed by atoms with Crippen molar-refractivity contribution in [3.8, 4) is 0 Å². The maximum atomic E-state index is 4.46. The molecule has 1 aliphatic rings. The van der Waals surface area contributed by atoms with Crippen LogP contribution in [0.3, 0.4) is 0 Å². The van der Waals surface area contributed by atoms with Gasteiger partial charge in [0.15, 0.2) is 5.96 Å². The van der Waals surface area contributed by atoms with Gasteiger partial charge in [0.05, 0.1) is 6.54 Å². The minimum absolute atomic E-state index is 0.720. The van der Waals surface area contributed by atoms with Gasteiger partial charge in [0.25, 0.3) is 0 Å². The Bertz CT molecular complexity index is 520. The van der Waals surface area contributed by atoms with Crippen molar-refractivity contribution in [2.24, 2.45) is 23.9 Å². The number of nitrogens with zero attached hydrogens (tertiary/aromatic N) is 4. The molecule has 0 spiro atoms. The molecule has 136 valence electrons. The summed E-state index contributed by atoms with van der Waals surface area (Å²) in [5, 5.41) is 3.58. The van der Waals surface area contributed by atoms with Crippen molar-refractivity contribution < 1.29 is 0 Å². The van der Waals surface area contributed by atoms with Gasteiger partial charge in [-0.3, -0.25) is 4.99 Å². The average Bonchev–Trinajstić information content (AvgIpc) is 2.93. The zero-order valence-electron chi connectivity index (χ0n) is 16.1. The van der Waals surface area contributed by atoms with Crippen LogP contribution in [-0.2, 0) is 13.6 Å². The number of rotatable bonds is 6. The van der Waals surface area contributed by atoms with Gasteiger partial charge in [0.2, 0.25) is 0 Å². The van der Waals surface area contributed by atoms with E-state index in [1.54, 1.807) is 0 Å². The second-order valence-electron chi connectivity index (χ2n) is 7.56. The number of nitrogens with one attached hydrogen (secondary N) is 1. The normalized spacial score (nSPS) is 19.8. The Labute approximate surface area is 147 Å². The first-order valence-electron chi connectivity index (χ1n) is 9.24. The molecule has 24 heavy (non-hydrogen) atoms. The van der Waals surface area contributed by atoms with Crippen LogP contribution in [0.15, 0.2) is 23.3 Å². The van der Waals surface area contributed by atoms with Crippen molar-refractivity contribution in [2.75, 3.05) is 40.3 Å². The highest BCUT2D eigenvalue weighted by atomic mass is 15.3. The lowest BCUT2D eigenvalue weighted by Crippen LogP contribution is -2.45. The quantitative estimate of drug-likeness (QED) is 0.641. The first-order valence-corrected chi connectivity index (χ1v) is 9.24. The topological polar surface area (TPSA) is 35.8 Å². The lowest BCUT2D eigenvalue weighted by atomic mass is 9.97. The molecular formula is C19H35N5. The summed E-state index contributed by atoms with van der Waals surface area (Å²) in [6.45, 7) is 10.2. The Morgan fingerprint density at radius 3 is 2.88 bits per heavy atom. The van der Waals surface area contributed by atoms with Crippen LogP contribution < -0.4 is 5.32 Å². The first-order chi connectivity index (χ1) is 11.5. The van der Waals surface area contributed by atoms with Crippen molar-refractivity contribution in [3.05, 3.63) is 24.0 Å². The van der Waals surface area contributed by atoms with Gasteiger partial charge in [-0.05, 0) is 43.4 Å². The van der Waals surface area contributed by atoms with E-state index in [9.17, 15) is 0 Å². The molecule has 1 aliphatic heterocycles. The van der Waals surface area contributed by atoms with Gasteiger partial charge in [-0.15, -0.1) is 0 Å². The third-order valence-electron chi connectivity index (χ3n) is 4.80. The van der Waals surface area contributed by atoms with Crippen molar-refractivity contribution in [2.45, 2.75) is 33.2 Å². The predicted octanol–water partition coefficient (Wildman–Crippen LogP) is 2.40. The van der Waals surface area contributed by atoms with E-state index in [0.717, 1.165) is 30.9 Å². The van der Waals surface area contributed by atoms with Crippen LogP contribution in [0.25, 0.3) is 0 Å². The van der Waals surface area contributed by atoms with E-state index in [1.165, 1.54) is 38.2 Å². The number of likely N-dealkylation sites (tertiary alicyclic amines) is 1. The lowest BCUT2D eigenvalue weighted by Gasteiger charge is -2.34. The molecule has 5 nitrogen and oxygen atoms in total. The Morgan fingerprint density at radius 1 is 1.46 bits per heavy atom. The molecule has 1 unspecified atom stereocenters. The molecular weight excluding hydrogens is 298 g/mol. The first kappa shape index (κ1) is 18.8. The Kier molecular flexibility index (Phi) is 7.16. The average molecular weight is 334 g/mol. The smallest absolute Gasteiger partial charge is 0.193 e. The fraction of sp³-hybridized carbons (Fsp3) is 0.737. The monoisotopic (exact) mass is 333 g/mol. The van der Waals surface area contributed by atoms with Crippen molar-refractivity contribution in [1.82, 2.24) is 19.7 Å². The minimum atomic E-state index is 0.720. The molecule has 5 heteroatoms. The highest BCUT2D eigenvalue weighted by Gasteiger charge is 2.21. The van der Waals surface area contributed by atoms with E-state index in [0.29, 0.717) is 0 Å². The molecule has 0 aliphatic carbocycles. The summed E-state index contributed by atoms with van der Waals surface area (Å²) < 4.78 is 2.16. The molecule has 1 aromatic heterocycles. The predicted molar refractivity (Wildman–Crippen MR) is 102 cm³/mol. The van der Waals surface area contributed by atoms with Gasteiger partial charge >= 0.3 is 0 Å². The third-order valence-corrected chi connectivity index (χ3v) is 4.80. The molecule has 1 N–H and O–H groups in total. The van der Waals surface area contributed by atoms with Gasteiger partial charge in [0.1, 0.15) is 0 Å². The van der Waals surface area contributed by atoms with Gasteiger partial charge in [-0.25, -0.2) is 0 Å². The standard InChI is InChI=1S/C19H35N5/c1-16(2)13-24-11-6-8-17(14-24)12-21-19(20-3)23(5)15-18-9-7-10-22(18)4/h7,9-10,16-17H,6,8,11-15H2,1-5H3,(H,20,21). The van der Waals surface area contributed by atoms with Crippen LogP contribution in [0.2, 0.25) is 0 Å². The van der Waals surface area contributed by atoms with E-state index >= 15 is 0 Å². The van der Waals surface area contributed by atoms with Crippen LogP contribution in [0.4, 0.5) is 0 Å². The highest BCUT2D eigenvalue weighted by molar-refractivity contribution is 5.79. The number of guanidine groups is 1. The number of aryl methyl sites for hydroxylation is 1. The van der Waals surface area contributed by atoms with Crippen molar-refractivity contribution >= 4 is 5.96 Å². The Hall–Kier alpha value is -1.49. The van der Waals surface area contributed by atoms with Crippen LogP contribution >= 0.6 is 0 Å². The summed E-state index contributed by atoms with van der Waals surface area (Å²) >= 11 is 0. The van der Waals surface area contributed by atoms with Crippen LogP contribution in [0, 0.1) is 11.8 Å². The van der Waals surface area contributed by atoms with Gasteiger partial charge in [-0.1, -0.05) is 13.8 Å². The van der Waals surface area contributed by atoms with E-state index < -0.39 is 0 Å². The number of hydrogen-bond donors (Lipinski definition) is 1. The molecule has 2 rings (SSSR count). The van der Waals surface area contributed by atoms with E-state index in [2.05, 4.69) is 70.9 Å². The fourth-order valence-electron chi connectivity index (χ4n) is 3.60. The molecule has 1 saturated heterocycles. The fourth-order valence-corrected chi connectivity index (χ4v) is 3.60. The molecule has 0 amide bonds. The number of piperidine rings is 1. The van der Waals surface area contributed by atoms with Crippen LogP contribution in [-0.4, -0.2) is 60.6 Å². The maximum Gasteiger partial charge on any atom is 0.193 e. The second kappa shape index (κ2) is 9.11. The summed E-state index contributed by atoms with van der Waals surface area (Å²) in [5.41, 5.74) is 1.29. The molecule has 1 aromatic rings. The third kappa shape index (κ3) is 5.55. The lowest BCUT2D eigenvalue weighted by molar-refractivity contribution is 0.159. The minimum Gasteiger partial charge on any atom is -0.356 e. The summed E-state index contributed by atoms with van der Waals surface area (Å²) in [5.74, 6) is 2.45. The molecule has 1 atom stereocenters. The number of aromatic nitrogens is 1. The van der Waals surface area contributed by atoms with E-state index in [-0.39, 0.29) is 0 Å². The number of hydrogen-bond acceptors (Lipinski definition) is 2. The zero-order chi connectivity index (χ0) is 17.5. The van der Waals surface area contributed by atoms with Crippen LogP contribution in [0.5, 0.6) is 0 Å². The SMILES string of the molecule is CN=C(NCC1CCCN(CC(C)C)C1)N(C)Cc1cccn1C. The summed E-state index contributed by atoms with van der Waals surface area (Å²) in [4.78, 5) is 9.28. The van der Waals surface area contributed by atoms with Gasteiger partial charge in [0, 0.05) is 52.7 Å². The molecule has 0 saturated carbocycles. The molecule has 1 fully saturated rings. The maximum absolute atomic E-state index is 4.46. The second-order valence-corrected chi connectivity index (χ2v) is 7.56. The van der Waals surface area contributed by atoms with E-state index in [1.807, 2.05) is 7.05 Å². The van der Waals surface area contributed by atoms with Crippen LogP contribution in [0.1, 0.15) is 32.4 Å². The van der Waals surface area contributed by atoms with Gasteiger partial charge < -0.3 is 19.7 Å². The Morgan fingerprint density at radius 2 is 2.25 bits per heavy atom. The molecule has 0 bridgehead atoms. The largest absolute Gasteiger partial charge is 0.356 e. The Balaban J connectivity index is 1.81. The van der Waals surface area contributed by atoms with Crippen molar-refractivity contribution in [1.29, 1.82) is 0 Å². The molecule has 0 radical (unpaired) electrons. The van der Waals surface area contributed by atoms with Gasteiger partial charge in [-0.2, -0.15) is 0 Å². The van der Waals surface area contributed by atoms with Crippen molar-refractivity contribution in [3.63, 3.8) is 0 Å². The summed E-state index contributed by atoms with van der Waals surface area (Å²) in [6, 6.07) is 4.25. The molecule has 0 aromatic carbocycles. The molecule has 2 heterocycles. The zero-order valence-corrected chi connectivity index (χ0v) is 16.1.